The lowest BCUT2D eigenvalue weighted by molar-refractivity contribution is 0.0813. The first-order valence-electron chi connectivity index (χ1n) is 12.3. The molecule has 0 spiro atoms. The number of anilines is 2. The zero-order valence-corrected chi connectivity index (χ0v) is 22.7. The molecule has 0 bridgehead atoms. The molecular formula is C27H30Cl2N4O4. The molecule has 2 unspecified atom stereocenters. The number of carboxylic acid groups (broad SMARTS) is 1. The number of rotatable bonds is 5. The Labute approximate surface area is 225 Å². The summed E-state index contributed by atoms with van der Waals surface area (Å²) in [6.07, 6.45) is 2.22. The van der Waals surface area contributed by atoms with Crippen molar-refractivity contribution in [3.63, 3.8) is 0 Å². The maximum atomic E-state index is 11.9. The number of ether oxygens (including phenoxy) is 2. The van der Waals surface area contributed by atoms with Crippen molar-refractivity contribution in [2.45, 2.75) is 45.8 Å². The van der Waals surface area contributed by atoms with E-state index in [1.807, 2.05) is 18.2 Å². The molecule has 2 aliphatic rings. The second-order valence-electron chi connectivity index (χ2n) is 10.9. The number of halogens is 2. The highest BCUT2D eigenvalue weighted by Gasteiger charge is 2.53. The first-order chi connectivity index (χ1) is 17.5. The van der Waals surface area contributed by atoms with Gasteiger partial charge in [-0.1, -0.05) is 44.0 Å². The number of carbonyl (C=O) groups is 1. The van der Waals surface area contributed by atoms with Gasteiger partial charge in [0, 0.05) is 29.7 Å². The van der Waals surface area contributed by atoms with Crippen LogP contribution in [0.15, 0.2) is 36.7 Å². The highest BCUT2D eigenvalue weighted by Crippen LogP contribution is 2.49. The first kappa shape index (κ1) is 25.7. The standard InChI is InChI=1S/C27H30Cl2N4O4/c1-27(2,3)24-17-9-16(7-14(17)12-33(24)26(34)35)37-23-11-21-18(10-22(23)36-4)25(31-13-30-21)32-15-5-6-19(28)20(29)8-15/h5-6,8,10-11,13-14,16-17,24H,7,9,12H2,1-4H3,(H,34,35)(H,30,31,32)/t14-,16?,17-,24?/m0/s1. The highest BCUT2D eigenvalue weighted by molar-refractivity contribution is 6.42. The van der Waals surface area contributed by atoms with Crippen molar-refractivity contribution in [3.05, 3.63) is 46.7 Å². The average molecular weight is 545 g/mol. The Hall–Kier alpha value is -2.97. The second-order valence-corrected chi connectivity index (χ2v) is 11.7. The van der Waals surface area contributed by atoms with E-state index in [1.165, 1.54) is 6.33 Å². The van der Waals surface area contributed by atoms with Gasteiger partial charge in [0.05, 0.1) is 28.8 Å². The summed E-state index contributed by atoms with van der Waals surface area (Å²) in [4.78, 5) is 22.4. The lowest BCUT2D eigenvalue weighted by atomic mass is 9.77. The van der Waals surface area contributed by atoms with Crippen molar-refractivity contribution in [3.8, 4) is 11.5 Å². The van der Waals surface area contributed by atoms with E-state index in [-0.39, 0.29) is 29.4 Å². The van der Waals surface area contributed by atoms with Gasteiger partial charge in [0.1, 0.15) is 12.1 Å². The van der Waals surface area contributed by atoms with Crippen LogP contribution in [-0.2, 0) is 0 Å². The van der Waals surface area contributed by atoms with Crippen LogP contribution in [0.3, 0.4) is 0 Å². The van der Waals surface area contributed by atoms with E-state index in [0.717, 1.165) is 23.9 Å². The number of fused-ring (bicyclic) bond motifs is 2. The summed E-state index contributed by atoms with van der Waals surface area (Å²) >= 11 is 12.2. The number of hydrogen-bond donors (Lipinski definition) is 2. The summed E-state index contributed by atoms with van der Waals surface area (Å²) in [6, 6.07) is 8.98. The average Bonchev–Trinajstić information content (AvgIpc) is 3.38. The van der Waals surface area contributed by atoms with Crippen molar-refractivity contribution < 1.29 is 19.4 Å². The van der Waals surface area contributed by atoms with E-state index in [2.05, 4.69) is 36.1 Å². The SMILES string of the molecule is COc1cc2c(Nc3ccc(Cl)c(Cl)c3)ncnc2cc1OC1C[C@H]2CN(C(=O)O)C(C(C)(C)C)[C@H]2C1. The fourth-order valence-corrected chi connectivity index (χ4v) is 6.31. The molecule has 0 radical (unpaired) electrons. The summed E-state index contributed by atoms with van der Waals surface area (Å²) in [5.74, 6) is 2.33. The number of nitrogens with one attached hydrogen (secondary N) is 1. The number of methoxy groups -OCH3 is 1. The maximum absolute atomic E-state index is 11.9. The monoisotopic (exact) mass is 544 g/mol. The third kappa shape index (κ3) is 4.97. The van der Waals surface area contributed by atoms with Crippen LogP contribution in [-0.4, -0.2) is 51.9 Å². The predicted octanol–water partition coefficient (Wildman–Crippen LogP) is 6.87. The Kier molecular flexibility index (Phi) is 6.75. The van der Waals surface area contributed by atoms with E-state index in [4.69, 9.17) is 32.7 Å². The van der Waals surface area contributed by atoms with E-state index in [0.29, 0.717) is 39.4 Å². The Bertz CT molecular complexity index is 1350. The van der Waals surface area contributed by atoms with Crippen molar-refractivity contribution in [2.24, 2.45) is 17.3 Å². The van der Waals surface area contributed by atoms with E-state index < -0.39 is 6.09 Å². The Balaban J connectivity index is 1.39. The van der Waals surface area contributed by atoms with E-state index >= 15 is 0 Å². The minimum absolute atomic E-state index is 0.0298. The van der Waals surface area contributed by atoms with Crippen LogP contribution in [0.25, 0.3) is 10.9 Å². The molecule has 5 rings (SSSR count). The molecule has 10 heteroatoms. The summed E-state index contributed by atoms with van der Waals surface area (Å²) in [6.45, 7) is 6.88. The van der Waals surface area contributed by atoms with Crippen LogP contribution in [0.1, 0.15) is 33.6 Å². The van der Waals surface area contributed by atoms with E-state index in [9.17, 15) is 9.90 Å². The maximum Gasteiger partial charge on any atom is 0.407 e. The van der Waals surface area contributed by atoms with Crippen LogP contribution in [0.2, 0.25) is 10.0 Å². The Morgan fingerprint density at radius 2 is 1.89 bits per heavy atom. The van der Waals surface area contributed by atoms with Gasteiger partial charge in [-0.15, -0.1) is 0 Å². The molecule has 4 atom stereocenters. The zero-order valence-electron chi connectivity index (χ0n) is 21.2. The molecule has 2 heterocycles. The number of likely N-dealkylation sites (tertiary alicyclic amines) is 1. The molecule has 1 aliphatic carbocycles. The van der Waals surface area contributed by atoms with Gasteiger partial charge in [0.15, 0.2) is 11.5 Å². The highest BCUT2D eigenvalue weighted by atomic mass is 35.5. The van der Waals surface area contributed by atoms with Crippen molar-refractivity contribution in [1.82, 2.24) is 14.9 Å². The lowest BCUT2D eigenvalue weighted by Gasteiger charge is -2.37. The van der Waals surface area contributed by atoms with Crippen molar-refractivity contribution in [2.75, 3.05) is 19.0 Å². The van der Waals surface area contributed by atoms with Gasteiger partial charge in [-0.25, -0.2) is 14.8 Å². The lowest BCUT2D eigenvalue weighted by Crippen LogP contribution is -2.45. The van der Waals surface area contributed by atoms with Gasteiger partial charge in [0.25, 0.3) is 0 Å². The van der Waals surface area contributed by atoms with Crippen LogP contribution in [0.5, 0.6) is 11.5 Å². The summed E-state index contributed by atoms with van der Waals surface area (Å²) in [7, 11) is 1.60. The minimum Gasteiger partial charge on any atom is -0.493 e. The number of aromatic nitrogens is 2. The molecule has 8 nitrogen and oxygen atoms in total. The van der Waals surface area contributed by atoms with Crippen LogP contribution in [0, 0.1) is 17.3 Å². The fourth-order valence-electron chi connectivity index (χ4n) is 6.01. The van der Waals surface area contributed by atoms with Gasteiger partial charge < -0.3 is 24.8 Å². The van der Waals surface area contributed by atoms with Gasteiger partial charge in [-0.05, 0) is 54.4 Å². The van der Waals surface area contributed by atoms with Crippen molar-refractivity contribution in [1.29, 1.82) is 0 Å². The van der Waals surface area contributed by atoms with Gasteiger partial charge in [0.2, 0.25) is 0 Å². The molecule has 1 aliphatic heterocycles. The predicted molar refractivity (Wildman–Crippen MR) is 144 cm³/mol. The van der Waals surface area contributed by atoms with Crippen molar-refractivity contribution >= 4 is 51.7 Å². The molecule has 1 saturated carbocycles. The quantitative estimate of drug-likeness (QED) is 0.361. The van der Waals surface area contributed by atoms with Gasteiger partial charge in [-0.3, -0.25) is 0 Å². The Morgan fingerprint density at radius 1 is 1.11 bits per heavy atom. The molecule has 1 saturated heterocycles. The normalized spacial score (nSPS) is 23.2. The third-order valence-electron chi connectivity index (χ3n) is 7.41. The number of benzene rings is 2. The molecule has 3 aromatic rings. The van der Waals surface area contributed by atoms with Crippen LogP contribution in [0.4, 0.5) is 16.3 Å². The molecular weight excluding hydrogens is 515 g/mol. The van der Waals surface area contributed by atoms with Crippen LogP contribution < -0.4 is 14.8 Å². The largest absolute Gasteiger partial charge is 0.493 e. The molecule has 2 aromatic carbocycles. The fraction of sp³-hybridized carbons (Fsp3) is 0.444. The number of amides is 1. The second kappa shape index (κ2) is 9.72. The zero-order chi connectivity index (χ0) is 26.5. The molecule has 1 aromatic heterocycles. The third-order valence-corrected chi connectivity index (χ3v) is 8.15. The van der Waals surface area contributed by atoms with Gasteiger partial charge >= 0.3 is 6.09 Å². The summed E-state index contributed by atoms with van der Waals surface area (Å²) in [5.41, 5.74) is 1.30. The van der Waals surface area contributed by atoms with Crippen LogP contribution >= 0.6 is 23.2 Å². The Morgan fingerprint density at radius 3 is 2.57 bits per heavy atom. The topological polar surface area (TPSA) is 96.8 Å². The first-order valence-corrected chi connectivity index (χ1v) is 13.0. The molecule has 2 N–H and O–H groups in total. The molecule has 2 fully saturated rings. The summed E-state index contributed by atoms with van der Waals surface area (Å²) in [5, 5.41) is 14.7. The minimum atomic E-state index is -0.840. The molecule has 1 amide bonds. The molecule has 196 valence electrons. The number of nitrogens with zero attached hydrogens (tertiary/aromatic N) is 3. The number of hydrogen-bond acceptors (Lipinski definition) is 6. The molecule has 37 heavy (non-hydrogen) atoms. The smallest absolute Gasteiger partial charge is 0.407 e. The van der Waals surface area contributed by atoms with E-state index in [1.54, 1.807) is 24.1 Å². The van der Waals surface area contributed by atoms with Gasteiger partial charge in [-0.2, -0.15) is 0 Å². The summed E-state index contributed by atoms with van der Waals surface area (Å²) < 4.78 is 12.2.